The van der Waals surface area contributed by atoms with Gasteiger partial charge in [-0.1, -0.05) is 52.0 Å². The number of fused-ring (bicyclic) bond motifs is 1. The van der Waals surface area contributed by atoms with Crippen molar-refractivity contribution in [2.75, 3.05) is 18.6 Å². The summed E-state index contributed by atoms with van der Waals surface area (Å²) in [7, 11) is -1.18. The zero-order chi connectivity index (χ0) is 26.3. The minimum absolute atomic E-state index is 0.169. The van der Waals surface area contributed by atoms with Gasteiger partial charge in [-0.2, -0.15) is 0 Å². The van der Waals surface area contributed by atoms with E-state index in [1.807, 2.05) is 81.9 Å². The Morgan fingerprint density at radius 2 is 1.54 bits per heavy atom. The van der Waals surface area contributed by atoms with E-state index in [1.165, 1.54) is 16.6 Å². The molecule has 2 aromatic heterocycles. The van der Waals surface area contributed by atoms with E-state index in [9.17, 15) is 13.5 Å². The van der Waals surface area contributed by atoms with Crippen molar-refractivity contribution in [2.45, 2.75) is 32.9 Å². The number of para-hydroxylation sites is 2. The summed E-state index contributed by atoms with van der Waals surface area (Å²) < 4.78 is 25.9. The molecule has 0 radical (unpaired) electrons. The molecule has 0 saturated heterocycles. The Bertz CT molecular complexity index is 1230. The Morgan fingerprint density at radius 3 is 2.09 bits per heavy atom. The molecule has 0 atom stereocenters. The zero-order valence-electron chi connectivity index (χ0n) is 21.1. The van der Waals surface area contributed by atoms with Crippen LogP contribution in [0.15, 0.2) is 72.1 Å². The molecule has 0 saturated carbocycles. The molecule has 190 valence electrons. The van der Waals surface area contributed by atoms with Crippen LogP contribution in [-0.4, -0.2) is 52.1 Å². The molecule has 0 amide bonds. The Labute approximate surface area is 212 Å². The van der Waals surface area contributed by atoms with Gasteiger partial charge in [-0.3, -0.25) is 0 Å². The van der Waals surface area contributed by atoms with E-state index < -0.39 is 10.0 Å². The summed E-state index contributed by atoms with van der Waals surface area (Å²) in [5.41, 5.74) is 2.20. The molecular formula is C24H35N6O3S2+. The summed E-state index contributed by atoms with van der Waals surface area (Å²) in [6.07, 6.45) is 4.77. The number of aromatic nitrogens is 5. The second-order valence-electron chi connectivity index (χ2n) is 6.50. The Morgan fingerprint density at radius 1 is 0.971 bits per heavy atom. The fourth-order valence-corrected chi connectivity index (χ4v) is 3.93. The van der Waals surface area contributed by atoms with E-state index in [1.54, 1.807) is 24.4 Å². The van der Waals surface area contributed by atoms with Crippen molar-refractivity contribution >= 4 is 32.8 Å². The lowest BCUT2D eigenvalue weighted by Crippen LogP contribution is -2.32. The maximum atomic E-state index is 10.8. The predicted octanol–water partition coefficient (Wildman–Crippen LogP) is 3.73. The van der Waals surface area contributed by atoms with Crippen molar-refractivity contribution < 1.29 is 18.1 Å². The SMILES string of the molecule is CC.CC.C[n+]1cccnc1SCCNS(C)(=O)=O.Oc1ccccc1-n1nc2ccccc2n1. The number of thioether (sulfide) groups is 1. The standard InChI is InChI=1S/C12H9N3O.C8H14N3O2S2.2C2H6/c16-12-8-4-3-7-11(12)15-13-9-5-1-2-6-10(9)14-15;1-11-6-3-4-9-8(11)14-7-5-10-15(2,12)13;2*1-2/h1-8,16H;3-4,6,10H,5,7H2,1-2H3;2*1-2H3/q;+1;;. The number of hydrogen-bond acceptors (Lipinski definition) is 7. The first-order chi connectivity index (χ1) is 16.8. The molecule has 2 N–H and O–H groups in total. The van der Waals surface area contributed by atoms with Gasteiger partial charge in [0.25, 0.3) is 0 Å². The molecule has 0 spiro atoms. The van der Waals surface area contributed by atoms with Crippen LogP contribution in [0, 0.1) is 0 Å². The van der Waals surface area contributed by atoms with Gasteiger partial charge in [0.15, 0.2) is 0 Å². The highest BCUT2D eigenvalue weighted by atomic mass is 32.2. The van der Waals surface area contributed by atoms with Crippen LogP contribution in [0.5, 0.6) is 5.75 Å². The van der Waals surface area contributed by atoms with Gasteiger partial charge in [0, 0.05) is 18.4 Å². The van der Waals surface area contributed by atoms with E-state index in [0.717, 1.165) is 22.4 Å². The summed E-state index contributed by atoms with van der Waals surface area (Å²) in [4.78, 5) is 5.61. The normalized spacial score (nSPS) is 10.2. The third-order valence-corrected chi connectivity index (χ3v) is 5.75. The molecule has 0 fully saturated rings. The van der Waals surface area contributed by atoms with Crippen molar-refractivity contribution in [1.29, 1.82) is 0 Å². The molecule has 0 bridgehead atoms. The molecule has 0 unspecified atom stereocenters. The van der Waals surface area contributed by atoms with Gasteiger partial charge in [0.1, 0.15) is 28.7 Å². The second kappa shape index (κ2) is 15.8. The number of aromatic hydroxyl groups is 1. The van der Waals surface area contributed by atoms with Crippen LogP contribution in [0.2, 0.25) is 0 Å². The summed E-state index contributed by atoms with van der Waals surface area (Å²) in [6, 6.07) is 16.4. The van der Waals surface area contributed by atoms with E-state index in [4.69, 9.17) is 0 Å². The fourth-order valence-electron chi connectivity index (χ4n) is 2.54. The van der Waals surface area contributed by atoms with Crippen molar-refractivity contribution in [2.24, 2.45) is 7.05 Å². The number of hydrogen-bond donors (Lipinski definition) is 2. The number of nitrogens with zero attached hydrogens (tertiary/aromatic N) is 5. The first-order valence-electron chi connectivity index (χ1n) is 11.3. The van der Waals surface area contributed by atoms with Crippen LogP contribution in [0.3, 0.4) is 0 Å². The number of nitrogens with one attached hydrogen (secondary N) is 1. The van der Waals surface area contributed by atoms with Crippen LogP contribution in [0.25, 0.3) is 16.7 Å². The Kier molecular flexibility index (Phi) is 13.5. The van der Waals surface area contributed by atoms with Crippen LogP contribution >= 0.6 is 11.8 Å². The number of rotatable bonds is 6. The highest BCUT2D eigenvalue weighted by Gasteiger charge is 2.09. The number of aryl methyl sites for hydroxylation is 1. The third-order valence-electron chi connectivity index (χ3n) is 3.96. The number of phenolic OH excluding ortho intramolecular Hbond substituents is 1. The molecule has 0 aliphatic rings. The van der Waals surface area contributed by atoms with Crippen LogP contribution in [0.4, 0.5) is 0 Å². The first-order valence-corrected chi connectivity index (χ1v) is 14.2. The molecule has 11 heteroatoms. The van der Waals surface area contributed by atoms with Gasteiger partial charge in [0.05, 0.1) is 19.5 Å². The minimum atomic E-state index is -3.08. The molecule has 0 aliphatic heterocycles. The summed E-state index contributed by atoms with van der Waals surface area (Å²) in [6.45, 7) is 8.42. The predicted molar refractivity (Wildman–Crippen MR) is 142 cm³/mol. The quantitative estimate of drug-likeness (QED) is 0.173. The highest BCUT2D eigenvalue weighted by Crippen LogP contribution is 2.20. The van der Waals surface area contributed by atoms with Gasteiger partial charge >= 0.3 is 5.16 Å². The Hall–Kier alpha value is -3.02. The van der Waals surface area contributed by atoms with E-state index in [0.29, 0.717) is 18.0 Å². The molecule has 4 rings (SSSR count). The molecule has 0 aliphatic carbocycles. The number of phenols is 1. The van der Waals surface area contributed by atoms with Gasteiger partial charge in [0.2, 0.25) is 10.0 Å². The molecule has 2 aromatic carbocycles. The van der Waals surface area contributed by atoms with Gasteiger partial charge in [-0.25, -0.2) is 17.7 Å². The smallest absolute Gasteiger partial charge is 0.358 e. The van der Waals surface area contributed by atoms with Gasteiger partial charge in [-0.15, -0.1) is 15.0 Å². The second-order valence-corrected chi connectivity index (χ2v) is 9.39. The Balaban J connectivity index is 0.000000308. The van der Waals surface area contributed by atoms with Crippen molar-refractivity contribution in [3.8, 4) is 11.4 Å². The summed E-state index contributed by atoms with van der Waals surface area (Å²) in [5.74, 6) is 0.834. The lowest BCUT2D eigenvalue weighted by Gasteiger charge is -2.00. The number of sulfonamides is 1. The van der Waals surface area contributed by atoms with Crippen molar-refractivity contribution in [3.63, 3.8) is 0 Å². The topological polar surface area (TPSA) is 114 Å². The minimum Gasteiger partial charge on any atom is -0.506 e. The lowest BCUT2D eigenvalue weighted by atomic mass is 10.3. The van der Waals surface area contributed by atoms with Crippen LogP contribution in [0.1, 0.15) is 27.7 Å². The largest absolute Gasteiger partial charge is 0.506 e. The molecule has 9 nitrogen and oxygen atoms in total. The highest BCUT2D eigenvalue weighted by molar-refractivity contribution is 7.99. The maximum Gasteiger partial charge on any atom is 0.358 e. The molecular weight excluding hydrogens is 484 g/mol. The summed E-state index contributed by atoms with van der Waals surface area (Å²) in [5, 5.41) is 19.1. The van der Waals surface area contributed by atoms with Gasteiger partial charge < -0.3 is 5.11 Å². The number of benzene rings is 2. The average Bonchev–Trinajstić information content (AvgIpc) is 3.30. The van der Waals surface area contributed by atoms with E-state index in [2.05, 4.69) is 19.9 Å². The van der Waals surface area contributed by atoms with Crippen molar-refractivity contribution in [3.05, 3.63) is 67.0 Å². The van der Waals surface area contributed by atoms with E-state index in [-0.39, 0.29) is 5.75 Å². The fraction of sp³-hybridized carbons (Fsp3) is 0.333. The van der Waals surface area contributed by atoms with Crippen molar-refractivity contribution in [1.82, 2.24) is 24.7 Å². The van der Waals surface area contributed by atoms with Crippen LogP contribution < -0.4 is 9.29 Å². The van der Waals surface area contributed by atoms with Gasteiger partial charge in [-0.05, 0) is 41.0 Å². The first kappa shape index (κ1) is 30.0. The zero-order valence-corrected chi connectivity index (χ0v) is 22.7. The summed E-state index contributed by atoms with van der Waals surface area (Å²) >= 11 is 1.51. The van der Waals surface area contributed by atoms with Crippen LogP contribution in [-0.2, 0) is 17.1 Å². The molecule has 35 heavy (non-hydrogen) atoms. The lowest BCUT2D eigenvalue weighted by molar-refractivity contribution is -0.713. The van der Waals surface area contributed by atoms with E-state index >= 15 is 0 Å². The average molecular weight is 520 g/mol. The maximum absolute atomic E-state index is 10.8. The monoisotopic (exact) mass is 519 g/mol. The third kappa shape index (κ3) is 10.4. The molecule has 2 heterocycles. The molecule has 4 aromatic rings.